The minimum Gasteiger partial charge on any atom is -0.468 e. The largest absolute Gasteiger partial charge is 0.468 e. The van der Waals surface area contributed by atoms with E-state index in [0.717, 1.165) is 38.1 Å². The highest BCUT2D eigenvalue weighted by Crippen LogP contribution is 2.38. The van der Waals surface area contributed by atoms with E-state index in [1.165, 1.54) is 20.1 Å². The fraction of sp³-hybridized carbons (Fsp3) is 0.938. The average molecular weight is 282 g/mol. The van der Waals surface area contributed by atoms with Crippen molar-refractivity contribution in [1.82, 2.24) is 10.2 Å². The lowest BCUT2D eigenvalue weighted by Gasteiger charge is -2.31. The highest BCUT2D eigenvalue weighted by atomic mass is 16.5. The topological polar surface area (TPSA) is 41.6 Å². The number of likely N-dealkylation sites (tertiary alicyclic amines) is 1. The lowest BCUT2D eigenvalue weighted by molar-refractivity contribution is -0.148. The van der Waals surface area contributed by atoms with Gasteiger partial charge < -0.3 is 10.1 Å². The Morgan fingerprint density at radius 1 is 1.45 bits per heavy atom. The molecule has 4 unspecified atom stereocenters. The number of nitrogens with one attached hydrogen (secondary N) is 1. The standard InChI is InChI=1S/C16H30N2O2/c1-5-8-17-16(15(19)20-4)7-6-14(10-16)18-11-12(2)9-13(18)3/h12-14,17H,5-11H2,1-4H3. The molecular weight excluding hydrogens is 252 g/mol. The van der Waals surface area contributed by atoms with Crippen molar-refractivity contribution in [2.75, 3.05) is 20.2 Å². The Hall–Kier alpha value is -0.610. The lowest BCUT2D eigenvalue weighted by Crippen LogP contribution is -2.52. The first-order chi connectivity index (χ1) is 9.52. The summed E-state index contributed by atoms with van der Waals surface area (Å²) in [6, 6.07) is 1.17. The van der Waals surface area contributed by atoms with Crippen molar-refractivity contribution in [3.05, 3.63) is 0 Å². The van der Waals surface area contributed by atoms with Crippen LogP contribution < -0.4 is 5.32 Å². The number of carbonyl (C=O) groups is 1. The second kappa shape index (κ2) is 6.44. The quantitative estimate of drug-likeness (QED) is 0.785. The third-order valence-corrected chi connectivity index (χ3v) is 5.08. The van der Waals surface area contributed by atoms with E-state index in [9.17, 15) is 4.79 Å². The van der Waals surface area contributed by atoms with Crippen molar-refractivity contribution in [3.63, 3.8) is 0 Å². The molecule has 2 fully saturated rings. The van der Waals surface area contributed by atoms with Gasteiger partial charge in [-0.1, -0.05) is 13.8 Å². The summed E-state index contributed by atoms with van der Waals surface area (Å²) in [5.74, 6) is 0.704. The molecule has 4 nitrogen and oxygen atoms in total. The Labute approximate surface area is 123 Å². The van der Waals surface area contributed by atoms with Crippen LogP contribution in [0.15, 0.2) is 0 Å². The Balaban J connectivity index is 2.05. The van der Waals surface area contributed by atoms with Gasteiger partial charge in [-0.05, 0) is 51.5 Å². The van der Waals surface area contributed by atoms with E-state index in [-0.39, 0.29) is 5.97 Å². The molecule has 4 heteroatoms. The van der Waals surface area contributed by atoms with Crippen LogP contribution in [0.1, 0.15) is 52.9 Å². The molecule has 0 aromatic rings. The number of esters is 1. The Bertz CT molecular complexity index is 347. The monoisotopic (exact) mass is 282 g/mol. The number of hydrogen-bond acceptors (Lipinski definition) is 4. The zero-order valence-electron chi connectivity index (χ0n) is 13.4. The van der Waals surface area contributed by atoms with E-state index >= 15 is 0 Å². The van der Waals surface area contributed by atoms with Gasteiger partial charge in [0.05, 0.1) is 7.11 Å². The average Bonchev–Trinajstić information content (AvgIpc) is 3.00. The van der Waals surface area contributed by atoms with Crippen LogP contribution >= 0.6 is 0 Å². The number of nitrogens with zero attached hydrogens (tertiary/aromatic N) is 1. The first-order valence-corrected chi connectivity index (χ1v) is 8.11. The number of methoxy groups -OCH3 is 1. The van der Waals surface area contributed by atoms with Gasteiger partial charge in [-0.15, -0.1) is 0 Å². The van der Waals surface area contributed by atoms with Crippen molar-refractivity contribution < 1.29 is 9.53 Å². The first-order valence-electron chi connectivity index (χ1n) is 8.11. The van der Waals surface area contributed by atoms with Crippen LogP contribution in [-0.4, -0.2) is 48.7 Å². The van der Waals surface area contributed by atoms with Crippen molar-refractivity contribution in [2.24, 2.45) is 5.92 Å². The minimum absolute atomic E-state index is 0.0756. The second-order valence-electron chi connectivity index (χ2n) is 6.78. The van der Waals surface area contributed by atoms with Crippen LogP contribution in [0, 0.1) is 5.92 Å². The van der Waals surface area contributed by atoms with Crippen LogP contribution in [0.4, 0.5) is 0 Å². The van der Waals surface area contributed by atoms with Gasteiger partial charge in [0.1, 0.15) is 5.54 Å². The third kappa shape index (κ3) is 3.01. The normalized spacial score (nSPS) is 38.3. The molecule has 1 heterocycles. The van der Waals surface area contributed by atoms with E-state index in [0.29, 0.717) is 12.1 Å². The van der Waals surface area contributed by atoms with Crippen molar-refractivity contribution >= 4 is 5.97 Å². The van der Waals surface area contributed by atoms with Gasteiger partial charge >= 0.3 is 5.97 Å². The van der Waals surface area contributed by atoms with Gasteiger partial charge in [0.2, 0.25) is 0 Å². The van der Waals surface area contributed by atoms with Crippen LogP contribution in [0.3, 0.4) is 0 Å². The fourth-order valence-electron chi connectivity index (χ4n) is 4.12. The molecule has 0 aromatic carbocycles. The van der Waals surface area contributed by atoms with Crippen LogP contribution in [-0.2, 0) is 9.53 Å². The molecule has 116 valence electrons. The molecule has 1 saturated heterocycles. The number of hydrogen-bond donors (Lipinski definition) is 1. The second-order valence-corrected chi connectivity index (χ2v) is 6.78. The highest BCUT2D eigenvalue weighted by molar-refractivity contribution is 5.81. The Morgan fingerprint density at radius 3 is 2.75 bits per heavy atom. The fourth-order valence-corrected chi connectivity index (χ4v) is 4.12. The maximum absolute atomic E-state index is 12.2. The van der Waals surface area contributed by atoms with Crippen molar-refractivity contribution in [3.8, 4) is 0 Å². The summed E-state index contributed by atoms with van der Waals surface area (Å²) >= 11 is 0. The van der Waals surface area contributed by atoms with Gasteiger partial charge in [0.15, 0.2) is 0 Å². The zero-order chi connectivity index (χ0) is 14.8. The summed E-state index contributed by atoms with van der Waals surface area (Å²) < 4.78 is 5.07. The summed E-state index contributed by atoms with van der Waals surface area (Å²) in [6.45, 7) is 8.84. The smallest absolute Gasteiger partial charge is 0.326 e. The van der Waals surface area contributed by atoms with Crippen molar-refractivity contribution in [1.29, 1.82) is 0 Å². The number of rotatable bonds is 5. The predicted octanol–water partition coefficient (Wildman–Crippen LogP) is 2.18. The third-order valence-electron chi connectivity index (χ3n) is 5.08. The van der Waals surface area contributed by atoms with E-state index in [4.69, 9.17) is 4.74 Å². The summed E-state index contributed by atoms with van der Waals surface area (Å²) in [7, 11) is 1.51. The molecular formula is C16H30N2O2. The van der Waals surface area contributed by atoms with E-state index in [2.05, 4.69) is 31.0 Å². The van der Waals surface area contributed by atoms with Crippen LogP contribution in [0.25, 0.3) is 0 Å². The molecule has 0 aromatic heterocycles. The van der Waals surface area contributed by atoms with Gasteiger partial charge in [-0.25, -0.2) is 0 Å². The van der Waals surface area contributed by atoms with E-state index in [1.807, 2.05) is 0 Å². The molecule has 20 heavy (non-hydrogen) atoms. The van der Waals surface area contributed by atoms with Gasteiger partial charge in [-0.2, -0.15) is 0 Å². The molecule has 0 amide bonds. The number of carbonyl (C=O) groups excluding carboxylic acids is 1. The van der Waals surface area contributed by atoms with Gasteiger partial charge in [-0.3, -0.25) is 9.69 Å². The molecule has 1 N–H and O–H groups in total. The maximum atomic E-state index is 12.2. The van der Waals surface area contributed by atoms with Crippen LogP contribution in [0.2, 0.25) is 0 Å². The Kier molecular flexibility index (Phi) is 5.08. The molecule has 0 bridgehead atoms. The predicted molar refractivity (Wildman–Crippen MR) is 80.6 cm³/mol. The SMILES string of the molecule is CCCNC1(C(=O)OC)CCC(N2CC(C)CC2C)C1. The number of ether oxygens (including phenoxy) is 1. The summed E-state index contributed by atoms with van der Waals surface area (Å²) in [5, 5.41) is 3.47. The zero-order valence-corrected chi connectivity index (χ0v) is 13.4. The molecule has 2 rings (SSSR count). The minimum atomic E-state index is -0.443. The molecule has 1 saturated carbocycles. The first kappa shape index (κ1) is 15.8. The summed E-state index contributed by atoms with van der Waals surface area (Å²) in [5.41, 5.74) is -0.443. The molecule has 1 aliphatic heterocycles. The Morgan fingerprint density at radius 2 is 2.20 bits per heavy atom. The van der Waals surface area contributed by atoms with E-state index in [1.54, 1.807) is 0 Å². The highest BCUT2D eigenvalue weighted by Gasteiger charge is 2.48. The van der Waals surface area contributed by atoms with Crippen molar-refractivity contribution in [2.45, 2.75) is 70.5 Å². The molecule has 0 radical (unpaired) electrons. The molecule has 4 atom stereocenters. The molecule has 2 aliphatic rings. The lowest BCUT2D eigenvalue weighted by atomic mass is 9.96. The molecule has 1 aliphatic carbocycles. The molecule has 0 spiro atoms. The van der Waals surface area contributed by atoms with E-state index < -0.39 is 5.54 Å². The van der Waals surface area contributed by atoms with Gasteiger partial charge in [0, 0.05) is 18.6 Å². The summed E-state index contributed by atoms with van der Waals surface area (Å²) in [6.07, 6.45) is 5.23. The summed E-state index contributed by atoms with van der Waals surface area (Å²) in [4.78, 5) is 14.9. The van der Waals surface area contributed by atoms with Crippen LogP contribution in [0.5, 0.6) is 0 Å². The maximum Gasteiger partial charge on any atom is 0.326 e. The van der Waals surface area contributed by atoms with Gasteiger partial charge in [0.25, 0.3) is 0 Å².